The Labute approximate surface area is 55.6 Å². The van der Waals surface area contributed by atoms with E-state index in [-0.39, 0.29) is 0 Å². The highest BCUT2D eigenvalue weighted by molar-refractivity contribution is 4.62. The quantitative estimate of drug-likeness (QED) is 0.244. The van der Waals surface area contributed by atoms with Crippen LogP contribution in [0.4, 0.5) is 0 Å². The third-order valence-corrected chi connectivity index (χ3v) is 0.705. The zero-order valence-electron chi connectivity index (χ0n) is 5.72. The Balaban J connectivity index is 2.66. The van der Waals surface area contributed by atoms with Gasteiger partial charge >= 0.3 is 0 Å². The molecule has 0 aliphatic carbocycles. The highest BCUT2D eigenvalue weighted by Crippen LogP contribution is 1.76. The molecule has 3 heteroatoms. The monoisotopic (exact) mass is 131 g/mol. The molecule has 0 spiro atoms. The summed E-state index contributed by atoms with van der Waals surface area (Å²) in [6.45, 7) is 5.28. The van der Waals surface area contributed by atoms with Gasteiger partial charge in [0.25, 0.3) is 0 Å². The van der Waals surface area contributed by atoms with Crippen LogP contribution < -0.4 is 5.32 Å². The van der Waals surface area contributed by atoms with Crippen LogP contribution in [0.25, 0.3) is 0 Å². The minimum Gasteiger partial charge on any atom is -0.317 e. The number of hydrogen-bond acceptors (Lipinski definition) is 3. The Kier molecular flexibility index (Phi) is 7.30. The van der Waals surface area contributed by atoms with Crippen LogP contribution in [0.2, 0.25) is 0 Å². The summed E-state index contributed by atoms with van der Waals surface area (Å²) < 4.78 is 0. The third-order valence-electron chi connectivity index (χ3n) is 0.705. The van der Waals surface area contributed by atoms with Crippen LogP contribution in [-0.2, 0) is 9.78 Å². The van der Waals surface area contributed by atoms with Gasteiger partial charge in [-0.25, -0.2) is 9.78 Å². The van der Waals surface area contributed by atoms with Gasteiger partial charge in [0.15, 0.2) is 0 Å². The smallest absolute Gasteiger partial charge is 0.100 e. The molecule has 54 valence electrons. The van der Waals surface area contributed by atoms with Gasteiger partial charge in [-0.2, -0.15) is 0 Å². The maximum absolute atomic E-state index is 4.68. The van der Waals surface area contributed by atoms with Crippen LogP contribution in [0.5, 0.6) is 0 Å². The number of hydrogen-bond donors (Lipinski definition) is 1. The van der Waals surface area contributed by atoms with Gasteiger partial charge in [0, 0.05) is 6.54 Å². The maximum Gasteiger partial charge on any atom is 0.100 e. The second-order valence-electron chi connectivity index (χ2n) is 1.50. The molecule has 3 nitrogen and oxygen atoms in total. The molecule has 0 unspecified atom stereocenters. The average molecular weight is 131 g/mol. The Morgan fingerprint density at radius 1 is 1.56 bits per heavy atom. The average Bonchev–Trinajstić information content (AvgIpc) is 1.89. The first kappa shape index (κ1) is 8.62. The summed E-state index contributed by atoms with van der Waals surface area (Å²) in [7, 11) is 1.86. The van der Waals surface area contributed by atoms with Crippen molar-refractivity contribution in [1.29, 1.82) is 0 Å². The van der Waals surface area contributed by atoms with E-state index in [0.717, 1.165) is 6.54 Å². The van der Waals surface area contributed by atoms with Crippen molar-refractivity contribution in [2.75, 3.05) is 26.8 Å². The lowest BCUT2D eigenvalue weighted by molar-refractivity contribution is -0.284. The van der Waals surface area contributed by atoms with Crippen LogP contribution >= 0.6 is 0 Å². The molecule has 0 saturated carbocycles. The van der Waals surface area contributed by atoms with Crippen molar-refractivity contribution in [3.63, 3.8) is 0 Å². The van der Waals surface area contributed by atoms with Gasteiger partial charge in [0.1, 0.15) is 6.61 Å². The van der Waals surface area contributed by atoms with Gasteiger partial charge in [-0.05, 0) is 7.05 Å². The van der Waals surface area contributed by atoms with E-state index in [1.54, 1.807) is 6.08 Å². The summed E-state index contributed by atoms with van der Waals surface area (Å²) in [6, 6.07) is 0. The normalized spacial score (nSPS) is 9.44. The SMILES string of the molecule is C=CCOOCCNC. The Morgan fingerprint density at radius 3 is 2.89 bits per heavy atom. The third kappa shape index (κ3) is 7.62. The van der Waals surface area contributed by atoms with Crippen molar-refractivity contribution >= 4 is 0 Å². The molecule has 0 aromatic rings. The highest BCUT2D eigenvalue weighted by Gasteiger charge is 1.82. The Bertz CT molecular complexity index is 66.1. The number of rotatable bonds is 6. The fourth-order valence-electron chi connectivity index (χ4n) is 0.299. The van der Waals surface area contributed by atoms with Crippen LogP contribution in [0.15, 0.2) is 12.7 Å². The molecule has 0 amide bonds. The Hall–Kier alpha value is -0.380. The van der Waals surface area contributed by atoms with Gasteiger partial charge in [0.2, 0.25) is 0 Å². The molecule has 0 heterocycles. The van der Waals surface area contributed by atoms with E-state index >= 15 is 0 Å². The van der Waals surface area contributed by atoms with Crippen molar-refractivity contribution in [3.05, 3.63) is 12.7 Å². The van der Waals surface area contributed by atoms with E-state index in [1.807, 2.05) is 7.05 Å². The molecule has 0 saturated heterocycles. The van der Waals surface area contributed by atoms with Gasteiger partial charge in [0.05, 0.1) is 6.61 Å². The second kappa shape index (κ2) is 7.62. The highest BCUT2D eigenvalue weighted by atomic mass is 17.2. The molecule has 0 fully saturated rings. The molecule has 1 N–H and O–H groups in total. The number of likely N-dealkylation sites (N-methyl/N-ethyl adjacent to an activating group) is 1. The fraction of sp³-hybridized carbons (Fsp3) is 0.667. The van der Waals surface area contributed by atoms with Gasteiger partial charge in [-0.15, -0.1) is 6.58 Å². The van der Waals surface area contributed by atoms with E-state index in [1.165, 1.54) is 0 Å². The number of nitrogens with one attached hydrogen (secondary N) is 1. The predicted octanol–water partition coefficient (Wildman–Crippen LogP) is 0.340. The van der Waals surface area contributed by atoms with Gasteiger partial charge in [-0.1, -0.05) is 6.08 Å². The van der Waals surface area contributed by atoms with Crippen molar-refractivity contribution in [1.82, 2.24) is 5.32 Å². The van der Waals surface area contributed by atoms with Gasteiger partial charge < -0.3 is 5.32 Å². The molecular weight excluding hydrogens is 118 g/mol. The van der Waals surface area contributed by atoms with Crippen LogP contribution in [0.1, 0.15) is 0 Å². The largest absolute Gasteiger partial charge is 0.317 e. The molecule has 0 aliphatic rings. The minimum absolute atomic E-state index is 0.448. The zero-order valence-corrected chi connectivity index (χ0v) is 5.72. The summed E-state index contributed by atoms with van der Waals surface area (Å²) in [5, 5.41) is 2.91. The summed E-state index contributed by atoms with van der Waals surface area (Å²) in [4.78, 5) is 9.31. The van der Waals surface area contributed by atoms with Crippen molar-refractivity contribution < 1.29 is 9.78 Å². The van der Waals surface area contributed by atoms with Crippen LogP contribution in [0.3, 0.4) is 0 Å². The molecule has 9 heavy (non-hydrogen) atoms. The van der Waals surface area contributed by atoms with E-state index in [0.29, 0.717) is 13.2 Å². The molecule has 0 aromatic carbocycles. The second-order valence-corrected chi connectivity index (χ2v) is 1.50. The Morgan fingerprint density at radius 2 is 2.33 bits per heavy atom. The molecule has 0 bridgehead atoms. The first-order valence-corrected chi connectivity index (χ1v) is 2.91. The fourth-order valence-corrected chi connectivity index (χ4v) is 0.299. The first-order valence-electron chi connectivity index (χ1n) is 2.91. The molecular formula is C6H13NO2. The molecule has 0 aliphatic heterocycles. The van der Waals surface area contributed by atoms with E-state index in [4.69, 9.17) is 0 Å². The molecule has 0 rings (SSSR count). The topological polar surface area (TPSA) is 30.5 Å². The standard InChI is InChI=1S/C6H13NO2/c1-3-5-8-9-6-4-7-2/h3,7H,1,4-6H2,2H3. The summed E-state index contributed by atoms with van der Waals surface area (Å²) >= 11 is 0. The van der Waals surface area contributed by atoms with Crippen molar-refractivity contribution in [2.45, 2.75) is 0 Å². The molecule has 0 aromatic heterocycles. The van der Waals surface area contributed by atoms with E-state index in [2.05, 4.69) is 21.7 Å². The summed E-state index contributed by atoms with van der Waals surface area (Å²) in [5.41, 5.74) is 0. The van der Waals surface area contributed by atoms with Crippen LogP contribution in [0, 0.1) is 0 Å². The van der Waals surface area contributed by atoms with E-state index < -0.39 is 0 Å². The summed E-state index contributed by atoms with van der Waals surface area (Å²) in [6.07, 6.45) is 1.64. The predicted molar refractivity (Wildman–Crippen MR) is 36.0 cm³/mol. The van der Waals surface area contributed by atoms with Crippen molar-refractivity contribution in [2.24, 2.45) is 0 Å². The van der Waals surface area contributed by atoms with E-state index in [9.17, 15) is 0 Å². The lowest BCUT2D eigenvalue weighted by Gasteiger charge is -1.99. The zero-order chi connectivity index (χ0) is 6.95. The maximum atomic E-state index is 4.68. The van der Waals surface area contributed by atoms with Crippen LogP contribution in [-0.4, -0.2) is 26.8 Å². The lowest BCUT2D eigenvalue weighted by Crippen LogP contribution is -2.14. The van der Waals surface area contributed by atoms with Gasteiger partial charge in [-0.3, -0.25) is 0 Å². The summed E-state index contributed by atoms with van der Waals surface area (Å²) in [5.74, 6) is 0. The molecule has 0 radical (unpaired) electrons. The van der Waals surface area contributed by atoms with Crippen molar-refractivity contribution in [3.8, 4) is 0 Å². The lowest BCUT2D eigenvalue weighted by atomic mass is 10.7. The first-order chi connectivity index (χ1) is 4.41. The minimum atomic E-state index is 0.448. The molecule has 0 atom stereocenters.